The summed E-state index contributed by atoms with van der Waals surface area (Å²) in [6.07, 6.45) is 2.78. The molecule has 0 saturated carbocycles. The van der Waals surface area contributed by atoms with E-state index in [1.165, 1.54) is 4.68 Å². The van der Waals surface area contributed by atoms with Gasteiger partial charge in [0, 0.05) is 20.2 Å². The van der Waals surface area contributed by atoms with Crippen LogP contribution in [0.2, 0.25) is 5.02 Å². The number of aromatic nitrogens is 2. The summed E-state index contributed by atoms with van der Waals surface area (Å²) in [4.78, 5) is 14.3. The second kappa shape index (κ2) is 7.06. The Bertz CT molecular complexity index is 506. The number of hydrogen-bond acceptors (Lipinski definition) is 5. The second-order valence-corrected chi connectivity index (χ2v) is 5.40. The predicted molar refractivity (Wildman–Crippen MR) is 79.6 cm³/mol. The molecule has 0 radical (unpaired) electrons. The van der Waals surface area contributed by atoms with Gasteiger partial charge in [0.2, 0.25) is 0 Å². The van der Waals surface area contributed by atoms with Crippen molar-refractivity contribution in [3.05, 3.63) is 21.6 Å². The molecule has 1 unspecified atom stereocenters. The van der Waals surface area contributed by atoms with Gasteiger partial charge < -0.3 is 15.0 Å². The summed E-state index contributed by atoms with van der Waals surface area (Å²) in [7, 11) is 3.54. The Kier molecular flexibility index (Phi) is 5.39. The topological polar surface area (TPSA) is 59.4 Å². The molecule has 2 rings (SSSR count). The minimum absolute atomic E-state index is 0.251. The molecule has 1 saturated heterocycles. The minimum atomic E-state index is -0.252. The zero-order valence-electron chi connectivity index (χ0n) is 11.9. The van der Waals surface area contributed by atoms with Crippen LogP contribution < -0.4 is 15.8 Å². The van der Waals surface area contributed by atoms with Crippen LogP contribution in [-0.4, -0.2) is 50.2 Å². The van der Waals surface area contributed by atoms with Gasteiger partial charge in [0.05, 0.1) is 25.0 Å². The van der Waals surface area contributed by atoms with E-state index >= 15 is 0 Å². The van der Waals surface area contributed by atoms with Crippen LogP contribution in [0.5, 0.6) is 0 Å². The zero-order valence-corrected chi connectivity index (χ0v) is 12.7. The highest BCUT2D eigenvalue weighted by molar-refractivity contribution is 6.33. The van der Waals surface area contributed by atoms with Crippen molar-refractivity contribution in [2.75, 3.05) is 45.3 Å². The van der Waals surface area contributed by atoms with Crippen LogP contribution in [0, 0.1) is 5.92 Å². The monoisotopic (exact) mass is 300 g/mol. The van der Waals surface area contributed by atoms with Gasteiger partial charge in [0.25, 0.3) is 5.56 Å². The standard InChI is InChI=1S/C13H21ClN4O2/c1-15-7-10-3-4-17(9-10)11-8-16-18(5-6-20-2)13(19)12(11)14/h8,10,15H,3-7,9H2,1-2H3. The van der Waals surface area contributed by atoms with E-state index in [-0.39, 0.29) is 10.6 Å². The number of methoxy groups -OCH3 is 1. The lowest BCUT2D eigenvalue weighted by Crippen LogP contribution is -2.30. The Morgan fingerprint density at radius 2 is 2.40 bits per heavy atom. The first-order valence-corrected chi connectivity index (χ1v) is 7.19. The van der Waals surface area contributed by atoms with Gasteiger partial charge in [-0.05, 0) is 25.9 Å². The Morgan fingerprint density at radius 3 is 3.10 bits per heavy atom. The number of rotatable bonds is 6. The predicted octanol–water partition coefficient (Wildman–Crippen LogP) is 0.589. The number of halogens is 1. The number of hydrogen-bond donors (Lipinski definition) is 1. The summed E-state index contributed by atoms with van der Waals surface area (Å²) in [6, 6.07) is 0. The fraction of sp³-hybridized carbons (Fsp3) is 0.692. The Balaban J connectivity index is 2.14. The first kappa shape index (κ1) is 15.3. The van der Waals surface area contributed by atoms with Crippen LogP contribution in [0.15, 0.2) is 11.0 Å². The molecule has 1 N–H and O–H groups in total. The second-order valence-electron chi connectivity index (χ2n) is 5.02. The SMILES string of the molecule is CNCC1CCN(c2cnn(CCOC)c(=O)c2Cl)C1. The maximum Gasteiger partial charge on any atom is 0.287 e. The van der Waals surface area contributed by atoms with Crippen molar-refractivity contribution >= 4 is 17.3 Å². The van der Waals surface area contributed by atoms with Gasteiger partial charge in [0.15, 0.2) is 0 Å². The third-order valence-corrected chi connectivity index (χ3v) is 3.95. The third kappa shape index (κ3) is 3.31. The molecular formula is C13H21ClN4O2. The zero-order chi connectivity index (χ0) is 14.5. The third-order valence-electron chi connectivity index (χ3n) is 3.59. The molecule has 1 aliphatic heterocycles. The van der Waals surface area contributed by atoms with Crippen LogP contribution in [0.3, 0.4) is 0 Å². The van der Waals surface area contributed by atoms with Crippen LogP contribution in [0.4, 0.5) is 5.69 Å². The first-order valence-electron chi connectivity index (χ1n) is 6.81. The van der Waals surface area contributed by atoms with Gasteiger partial charge >= 0.3 is 0 Å². The Labute approximate surface area is 123 Å². The molecule has 20 heavy (non-hydrogen) atoms. The molecule has 0 bridgehead atoms. The first-order chi connectivity index (χ1) is 9.67. The summed E-state index contributed by atoms with van der Waals surface area (Å²) in [6.45, 7) is 3.65. The van der Waals surface area contributed by atoms with Crippen molar-refractivity contribution in [3.8, 4) is 0 Å². The molecule has 2 heterocycles. The van der Waals surface area contributed by atoms with E-state index in [1.807, 2.05) is 7.05 Å². The van der Waals surface area contributed by atoms with E-state index in [0.29, 0.717) is 19.1 Å². The van der Waals surface area contributed by atoms with Crippen molar-refractivity contribution in [1.82, 2.24) is 15.1 Å². The maximum atomic E-state index is 12.1. The minimum Gasteiger partial charge on any atom is -0.383 e. The quantitative estimate of drug-likeness (QED) is 0.833. The van der Waals surface area contributed by atoms with Crippen molar-refractivity contribution in [2.24, 2.45) is 5.92 Å². The number of nitrogens with one attached hydrogen (secondary N) is 1. The summed E-state index contributed by atoms with van der Waals surface area (Å²) >= 11 is 6.21. The van der Waals surface area contributed by atoms with Gasteiger partial charge in [-0.25, -0.2) is 4.68 Å². The van der Waals surface area contributed by atoms with Crippen molar-refractivity contribution in [2.45, 2.75) is 13.0 Å². The fourth-order valence-electron chi connectivity index (χ4n) is 2.52. The van der Waals surface area contributed by atoms with Crippen LogP contribution in [0.1, 0.15) is 6.42 Å². The van der Waals surface area contributed by atoms with E-state index in [1.54, 1.807) is 13.3 Å². The molecule has 1 fully saturated rings. The summed E-state index contributed by atoms with van der Waals surface area (Å²) < 4.78 is 6.30. The summed E-state index contributed by atoms with van der Waals surface area (Å²) in [5, 5.41) is 7.61. The molecule has 0 spiro atoms. The Morgan fingerprint density at radius 1 is 1.60 bits per heavy atom. The lowest BCUT2D eigenvalue weighted by atomic mass is 10.1. The van der Waals surface area contributed by atoms with Crippen molar-refractivity contribution in [3.63, 3.8) is 0 Å². The average molecular weight is 301 g/mol. The molecule has 6 nitrogen and oxygen atoms in total. The highest BCUT2D eigenvalue weighted by Gasteiger charge is 2.25. The lowest BCUT2D eigenvalue weighted by Gasteiger charge is -2.20. The van der Waals surface area contributed by atoms with Crippen molar-refractivity contribution in [1.29, 1.82) is 0 Å². The van der Waals surface area contributed by atoms with Crippen LogP contribution in [-0.2, 0) is 11.3 Å². The number of anilines is 1. The van der Waals surface area contributed by atoms with E-state index < -0.39 is 0 Å². The molecule has 1 atom stereocenters. The molecule has 0 aromatic carbocycles. The van der Waals surface area contributed by atoms with Gasteiger partial charge in [-0.3, -0.25) is 4.79 Å². The van der Waals surface area contributed by atoms with E-state index in [9.17, 15) is 4.79 Å². The molecule has 1 aliphatic rings. The molecule has 1 aromatic rings. The number of nitrogens with zero attached hydrogens (tertiary/aromatic N) is 3. The van der Waals surface area contributed by atoms with E-state index in [2.05, 4.69) is 15.3 Å². The molecule has 1 aromatic heterocycles. The smallest absolute Gasteiger partial charge is 0.287 e. The van der Waals surface area contributed by atoms with Crippen LogP contribution >= 0.6 is 11.6 Å². The number of ether oxygens (including phenoxy) is 1. The van der Waals surface area contributed by atoms with Gasteiger partial charge in [-0.1, -0.05) is 11.6 Å². The van der Waals surface area contributed by atoms with E-state index in [0.717, 1.165) is 31.7 Å². The largest absolute Gasteiger partial charge is 0.383 e. The lowest BCUT2D eigenvalue weighted by molar-refractivity contribution is 0.182. The molecule has 0 aliphatic carbocycles. The fourth-order valence-corrected chi connectivity index (χ4v) is 2.79. The molecular weight excluding hydrogens is 280 g/mol. The Hall–Kier alpha value is -1.11. The van der Waals surface area contributed by atoms with Gasteiger partial charge in [0.1, 0.15) is 5.02 Å². The van der Waals surface area contributed by atoms with Gasteiger partial charge in [-0.2, -0.15) is 5.10 Å². The normalized spacial score (nSPS) is 18.8. The maximum absolute atomic E-state index is 12.1. The van der Waals surface area contributed by atoms with Crippen LogP contribution in [0.25, 0.3) is 0 Å². The molecule has 7 heteroatoms. The summed E-state index contributed by atoms with van der Waals surface area (Å²) in [5.74, 6) is 0.590. The summed E-state index contributed by atoms with van der Waals surface area (Å²) in [5.41, 5.74) is 0.488. The van der Waals surface area contributed by atoms with E-state index in [4.69, 9.17) is 16.3 Å². The molecule has 112 valence electrons. The highest BCUT2D eigenvalue weighted by atomic mass is 35.5. The average Bonchev–Trinajstić information content (AvgIpc) is 2.89. The molecule has 0 amide bonds. The highest BCUT2D eigenvalue weighted by Crippen LogP contribution is 2.27. The van der Waals surface area contributed by atoms with Crippen molar-refractivity contribution < 1.29 is 4.74 Å². The van der Waals surface area contributed by atoms with Gasteiger partial charge in [-0.15, -0.1) is 0 Å².